The van der Waals surface area contributed by atoms with Gasteiger partial charge in [-0.05, 0) is 31.4 Å². The van der Waals surface area contributed by atoms with E-state index in [-0.39, 0.29) is 17.3 Å². The second-order valence-corrected chi connectivity index (χ2v) is 3.74. The average Bonchev–Trinajstić information content (AvgIpc) is 2.12. The van der Waals surface area contributed by atoms with Crippen LogP contribution in [0.1, 0.15) is 29.6 Å². The van der Waals surface area contributed by atoms with E-state index in [1.54, 1.807) is 0 Å². The van der Waals surface area contributed by atoms with E-state index in [0.717, 1.165) is 19.3 Å². The fourth-order valence-electron chi connectivity index (χ4n) is 1.61. The van der Waals surface area contributed by atoms with Gasteiger partial charge >= 0.3 is 5.97 Å². The fraction of sp³-hybridized carbons (Fsp3) is 0.364. The summed E-state index contributed by atoms with van der Waals surface area (Å²) in [6, 6.07) is 4.31. The molecule has 0 saturated heterocycles. The molecule has 0 spiro atoms. The van der Waals surface area contributed by atoms with Crippen LogP contribution in [0.5, 0.6) is 0 Å². The van der Waals surface area contributed by atoms with Gasteiger partial charge in [0.1, 0.15) is 5.82 Å². The first-order valence-electron chi connectivity index (χ1n) is 4.97. The number of nitrogens with one attached hydrogen (secondary N) is 1. The van der Waals surface area contributed by atoms with Crippen molar-refractivity contribution in [2.24, 2.45) is 0 Å². The summed E-state index contributed by atoms with van der Waals surface area (Å²) in [6.07, 6.45) is 3.08. The molecule has 1 saturated carbocycles. The van der Waals surface area contributed by atoms with Gasteiger partial charge in [-0.15, -0.1) is 0 Å². The molecule has 4 heteroatoms. The topological polar surface area (TPSA) is 49.3 Å². The molecule has 1 aromatic carbocycles. The van der Waals surface area contributed by atoms with Crippen LogP contribution in [0.15, 0.2) is 18.2 Å². The minimum atomic E-state index is -1.10. The van der Waals surface area contributed by atoms with Crippen LogP contribution in [0.2, 0.25) is 0 Å². The number of para-hydroxylation sites is 1. The molecule has 0 radical (unpaired) electrons. The molecule has 1 fully saturated rings. The molecule has 0 bridgehead atoms. The Bertz CT molecular complexity index is 388. The summed E-state index contributed by atoms with van der Waals surface area (Å²) < 4.78 is 13.4. The Morgan fingerprint density at radius 2 is 2.20 bits per heavy atom. The Balaban J connectivity index is 2.29. The molecule has 15 heavy (non-hydrogen) atoms. The van der Waals surface area contributed by atoms with Crippen LogP contribution < -0.4 is 5.32 Å². The number of carboxylic acid groups (broad SMARTS) is 1. The number of carboxylic acids is 1. The monoisotopic (exact) mass is 209 g/mol. The summed E-state index contributed by atoms with van der Waals surface area (Å²) in [7, 11) is 0. The molecule has 1 aliphatic rings. The highest BCUT2D eigenvalue weighted by atomic mass is 19.1. The van der Waals surface area contributed by atoms with Gasteiger partial charge in [0.05, 0.1) is 11.3 Å². The number of aromatic carboxylic acids is 1. The Hall–Kier alpha value is -1.58. The lowest BCUT2D eigenvalue weighted by atomic mass is 9.92. The van der Waals surface area contributed by atoms with E-state index in [4.69, 9.17) is 5.11 Å². The molecular formula is C11H12FNO2. The highest BCUT2D eigenvalue weighted by molar-refractivity contribution is 5.94. The maximum atomic E-state index is 13.4. The third-order valence-corrected chi connectivity index (χ3v) is 2.70. The van der Waals surface area contributed by atoms with Gasteiger partial charge in [0.25, 0.3) is 0 Å². The van der Waals surface area contributed by atoms with Gasteiger partial charge in [-0.3, -0.25) is 0 Å². The molecule has 0 aromatic heterocycles. The molecule has 2 N–H and O–H groups in total. The number of hydrogen-bond donors (Lipinski definition) is 2. The molecule has 0 aliphatic heterocycles. The van der Waals surface area contributed by atoms with Crippen LogP contribution in [0.25, 0.3) is 0 Å². The van der Waals surface area contributed by atoms with Crippen molar-refractivity contribution in [3.8, 4) is 0 Å². The summed E-state index contributed by atoms with van der Waals surface area (Å²) in [4.78, 5) is 10.9. The van der Waals surface area contributed by atoms with E-state index in [1.807, 2.05) is 0 Å². The van der Waals surface area contributed by atoms with E-state index in [1.165, 1.54) is 18.2 Å². The van der Waals surface area contributed by atoms with Crippen molar-refractivity contribution in [2.45, 2.75) is 25.3 Å². The van der Waals surface area contributed by atoms with Crippen molar-refractivity contribution in [1.29, 1.82) is 0 Å². The van der Waals surface area contributed by atoms with Crippen LogP contribution in [0.4, 0.5) is 10.1 Å². The van der Waals surface area contributed by atoms with Crippen LogP contribution >= 0.6 is 0 Å². The predicted octanol–water partition coefficient (Wildman–Crippen LogP) is 2.49. The van der Waals surface area contributed by atoms with E-state index in [2.05, 4.69) is 5.32 Å². The zero-order valence-corrected chi connectivity index (χ0v) is 8.16. The maximum absolute atomic E-state index is 13.4. The fourth-order valence-corrected chi connectivity index (χ4v) is 1.61. The van der Waals surface area contributed by atoms with Gasteiger partial charge < -0.3 is 10.4 Å². The molecule has 80 valence electrons. The molecular weight excluding hydrogens is 197 g/mol. The second-order valence-electron chi connectivity index (χ2n) is 3.74. The first-order chi connectivity index (χ1) is 7.18. The van der Waals surface area contributed by atoms with Crippen LogP contribution in [0, 0.1) is 5.82 Å². The van der Waals surface area contributed by atoms with Gasteiger partial charge in [-0.1, -0.05) is 6.07 Å². The summed E-state index contributed by atoms with van der Waals surface area (Å²) in [5.41, 5.74) is 0.122. The quantitative estimate of drug-likeness (QED) is 0.804. The number of halogens is 1. The smallest absolute Gasteiger partial charge is 0.337 e. The third-order valence-electron chi connectivity index (χ3n) is 2.70. The van der Waals surface area contributed by atoms with E-state index in [9.17, 15) is 9.18 Å². The van der Waals surface area contributed by atoms with Crippen LogP contribution in [0.3, 0.4) is 0 Å². The van der Waals surface area contributed by atoms with Gasteiger partial charge in [0, 0.05) is 6.04 Å². The summed E-state index contributed by atoms with van der Waals surface area (Å²) in [5.74, 6) is -1.60. The zero-order valence-electron chi connectivity index (χ0n) is 8.16. The molecule has 0 amide bonds. The molecule has 0 heterocycles. The zero-order chi connectivity index (χ0) is 10.8. The molecule has 3 nitrogen and oxygen atoms in total. The largest absolute Gasteiger partial charge is 0.478 e. The molecule has 0 unspecified atom stereocenters. The number of hydrogen-bond acceptors (Lipinski definition) is 2. The lowest BCUT2D eigenvalue weighted by Gasteiger charge is -2.28. The van der Waals surface area contributed by atoms with Gasteiger partial charge in [-0.25, -0.2) is 9.18 Å². The normalized spacial score (nSPS) is 15.8. The van der Waals surface area contributed by atoms with Crippen molar-refractivity contribution in [3.05, 3.63) is 29.6 Å². The second kappa shape index (κ2) is 3.88. The van der Waals surface area contributed by atoms with E-state index < -0.39 is 11.8 Å². The summed E-state index contributed by atoms with van der Waals surface area (Å²) in [6.45, 7) is 0. The molecule has 0 atom stereocenters. The Labute approximate surface area is 86.9 Å². The molecule has 2 rings (SSSR count). The average molecular weight is 209 g/mol. The van der Waals surface area contributed by atoms with Gasteiger partial charge in [0.15, 0.2) is 0 Å². The first-order valence-corrected chi connectivity index (χ1v) is 4.97. The standard InChI is InChI=1S/C11H12FNO2/c12-9-6-2-5-8(11(14)15)10(9)13-7-3-1-4-7/h2,5-7,13H,1,3-4H2,(H,14,15). The van der Waals surface area contributed by atoms with Gasteiger partial charge in [-0.2, -0.15) is 0 Å². The Morgan fingerprint density at radius 3 is 2.73 bits per heavy atom. The highest BCUT2D eigenvalue weighted by Crippen LogP contribution is 2.27. The van der Waals surface area contributed by atoms with Crippen molar-refractivity contribution in [2.75, 3.05) is 5.32 Å². The lowest BCUT2D eigenvalue weighted by Crippen LogP contribution is -2.28. The predicted molar refractivity (Wildman–Crippen MR) is 54.6 cm³/mol. The van der Waals surface area contributed by atoms with Crippen molar-refractivity contribution >= 4 is 11.7 Å². The van der Waals surface area contributed by atoms with E-state index in [0.29, 0.717) is 0 Å². The van der Waals surface area contributed by atoms with Crippen LogP contribution in [-0.4, -0.2) is 17.1 Å². The minimum absolute atomic E-state index is 0.00176. The number of benzene rings is 1. The number of anilines is 1. The minimum Gasteiger partial charge on any atom is -0.478 e. The third kappa shape index (κ3) is 1.93. The van der Waals surface area contributed by atoms with Gasteiger partial charge in [0.2, 0.25) is 0 Å². The molecule has 1 aliphatic carbocycles. The molecule has 1 aromatic rings. The first kappa shape index (κ1) is 9.96. The van der Waals surface area contributed by atoms with Crippen molar-refractivity contribution < 1.29 is 14.3 Å². The summed E-state index contributed by atoms with van der Waals surface area (Å²) >= 11 is 0. The lowest BCUT2D eigenvalue weighted by molar-refractivity contribution is 0.0697. The van der Waals surface area contributed by atoms with Crippen molar-refractivity contribution in [1.82, 2.24) is 0 Å². The van der Waals surface area contributed by atoms with E-state index >= 15 is 0 Å². The number of carbonyl (C=O) groups is 1. The Morgan fingerprint density at radius 1 is 1.47 bits per heavy atom. The SMILES string of the molecule is O=C(O)c1cccc(F)c1NC1CCC1. The highest BCUT2D eigenvalue weighted by Gasteiger charge is 2.21. The maximum Gasteiger partial charge on any atom is 0.337 e. The number of rotatable bonds is 3. The summed E-state index contributed by atoms with van der Waals surface area (Å²) in [5, 5.41) is 11.8. The van der Waals surface area contributed by atoms with Crippen molar-refractivity contribution in [3.63, 3.8) is 0 Å². The Kier molecular flexibility index (Phi) is 2.58. The van der Waals surface area contributed by atoms with Crippen LogP contribution in [-0.2, 0) is 0 Å².